The molecule has 0 aliphatic heterocycles. The average molecular weight is 264 g/mol. The van der Waals surface area contributed by atoms with Crippen molar-refractivity contribution < 1.29 is 9.90 Å². The average Bonchev–Trinajstić information content (AvgIpc) is 2.39. The number of carboxylic acid groups (broad SMARTS) is 1. The topological polar surface area (TPSA) is 37.3 Å². The van der Waals surface area contributed by atoms with Gasteiger partial charge in [0, 0.05) is 0 Å². The lowest BCUT2D eigenvalue weighted by atomic mass is 9.93. The lowest BCUT2D eigenvalue weighted by Crippen LogP contribution is -2.49. The Bertz CT molecular complexity index is 373. The molecule has 2 nitrogen and oxygen atoms in total. The van der Waals surface area contributed by atoms with Gasteiger partial charge >= 0.3 is 5.97 Å². The van der Waals surface area contributed by atoms with Gasteiger partial charge in [-0.2, -0.15) is 0 Å². The van der Waals surface area contributed by atoms with Gasteiger partial charge in [0.1, 0.15) is 0 Å². The van der Waals surface area contributed by atoms with Gasteiger partial charge in [-0.3, -0.25) is 4.79 Å². The minimum Gasteiger partial charge on any atom is -0.481 e. The van der Waals surface area contributed by atoms with Crippen LogP contribution >= 0.6 is 0 Å². The summed E-state index contributed by atoms with van der Waals surface area (Å²) in [5.74, 6) is -0.615. The van der Waals surface area contributed by atoms with Crippen LogP contribution in [0.15, 0.2) is 30.3 Å². The fourth-order valence-corrected chi connectivity index (χ4v) is 6.79. The van der Waals surface area contributed by atoms with Crippen molar-refractivity contribution >= 4 is 14.8 Å². The van der Waals surface area contributed by atoms with Crippen molar-refractivity contribution in [3.8, 4) is 0 Å². The van der Waals surface area contributed by atoms with Gasteiger partial charge in [-0.05, 0) is 12.0 Å². The zero-order valence-electron chi connectivity index (χ0n) is 11.6. The zero-order chi connectivity index (χ0) is 13.6. The highest BCUT2D eigenvalue weighted by Gasteiger charge is 2.45. The quantitative estimate of drug-likeness (QED) is 0.764. The van der Waals surface area contributed by atoms with Crippen LogP contribution in [-0.2, 0) is 9.83 Å². The number of hydrogen-bond donors (Lipinski definition) is 1. The first kappa shape index (κ1) is 15.0. The van der Waals surface area contributed by atoms with Gasteiger partial charge in [0.25, 0.3) is 0 Å². The predicted octanol–water partition coefficient (Wildman–Crippen LogP) is 3.62. The molecule has 0 saturated heterocycles. The molecule has 0 aliphatic rings. The van der Waals surface area contributed by atoms with Gasteiger partial charge < -0.3 is 5.11 Å². The Balaban J connectivity index is 3.34. The van der Waals surface area contributed by atoms with E-state index in [0.717, 1.165) is 30.5 Å². The van der Waals surface area contributed by atoms with Gasteiger partial charge in [0.15, 0.2) is 0 Å². The molecule has 0 fully saturated rings. The number of hydrogen-bond acceptors (Lipinski definition) is 1. The molecule has 0 saturated carbocycles. The zero-order valence-corrected chi connectivity index (χ0v) is 12.8. The van der Waals surface area contributed by atoms with E-state index in [4.69, 9.17) is 0 Å². The second-order valence-corrected chi connectivity index (χ2v) is 8.92. The van der Waals surface area contributed by atoms with Crippen molar-refractivity contribution in [3.05, 3.63) is 35.9 Å². The largest absolute Gasteiger partial charge is 0.481 e. The Morgan fingerprint density at radius 1 is 1.17 bits per heavy atom. The molecule has 0 aromatic heterocycles. The smallest absolute Gasteiger partial charge is 0.310 e. The molecular weight excluding hydrogens is 240 g/mol. The lowest BCUT2D eigenvalue weighted by molar-refractivity contribution is -0.141. The van der Waals surface area contributed by atoms with Crippen LogP contribution in [0.5, 0.6) is 0 Å². The Labute approximate surface area is 112 Å². The van der Waals surface area contributed by atoms with Crippen molar-refractivity contribution in [1.29, 1.82) is 0 Å². The lowest BCUT2D eigenvalue weighted by Gasteiger charge is -2.36. The number of aliphatic carboxylic acids is 1. The van der Waals surface area contributed by atoms with Crippen LogP contribution in [0.1, 0.15) is 39.2 Å². The first-order valence-electron chi connectivity index (χ1n) is 6.92. The molecule has 0 spiro atoms. The van der Waals surface area contributed by atoms with Crippen molar-refractivity contribution in [2.45, 2.75) is 50.7 Å². The molecule has 100 valence electrons. The Kier molecular flexibility index (Phi) is 5.60. The SMILES string of the molecule is CCCC(C(=O)O)(c1ccccc1)[SiH](CC)CC. The summed E-state index contributed by atoms with van der Waals surface area (Å²) >= 11 is 0. The molecule has 1 aromatic carbocycles. The summed E-state index contributed by atoms with van der Waals surface area (Å²) in [6, 6.07) is 11.9. The summed E-state index contributed by atoms with van der Waals surface area (Å²) in [5.41, 5.74) is 1.01. The van der Waals surface area contributed by atoms with Gasteiger partial charge in [0.2, 0.25) is 0 Å². The Morgan fingerprint density at radius 2 is 1.72 bits per heavy atom. The normalized spacial score (nSPS) is 14.4. The molecule has 1 rings (SSSR count). The number of benzene rings is 1. The van der Waals surface area contributed by atoms with Crippen LogP contribution in [0.2, 0.25) is 12.1 Å². The molecule has 1 unspecified atom stereocenters. The second-order valence-electron chi connectivity index (χ2n) is 4.91. The Morgan fingerprint density at radius 3 is 2.11 bits per heavy atom. The summed E-state index contributed by atoms with van der Waals surface area (Å²) in [5, 5.41) is 9.29. The summed E-state index contributed by atoms with van der Waals surface area (Å²) in [7, 11) is -1.34. The van der Waals surface area contributed by atoms with Crippen LogP contribution in [0.4, 0.5) is 0 Å². The van der Waals surface area contributed by atoms with Gasteiger partial charge in [-0.25, -0.2) is 0 Å². The van der Waals surface area contributed by atoms with E-state index in [9.17, 15) is 9.90 Å². The molecule has 3 heteroatoms. The summed E-state index contributed by atoms with van der Waals surface area (Å²) in [6.45, 7) is 6.38. The first-order chi connectivity index (χ1) is 8.63. The fraction of sp³-hybridized carbons (Fsp3) is 0.533. The van der Waals surface area contributed by atoms with Crippen LogP contribution in [0.3, 0.4) is 0 Å². The maximum Gasteiger partial charge on any atom is 0.310 e. The summed E-state index contributed by atoms with van der Waals surface area (Å²) in [4.78, 5) is 12.0. The number of rotatable bonds is 7. The molecule has 1 atom stereocenters. The van der Waals surface area contributed by atoms with E-state index in [-0.39, 0.29) is 0 Å². The molecule has 1 N–H and O–H groups in total. The molecule has 18 heavy (non-hydrogen) atoms. The predicted molar refractivity (Wildman–Crippen MR) is 78.8 cm³/mol. The van der Waals surface area contributed by atoms with E-state index in [1.807, 2.05) is 30.3 Å². The molecule has 0 heterocycles. The monoisotopic (exact) mass is 264 g/mol. The highest BCUT2D eigenvalue weighted by molar-refractivity contribution is 6.66. The minimum absolute atomic E-state index is 0.584. The van der Waals surface area contributed by atoms with E-state index >= 15 is 0 Å². The van der Waals surface area contributed by atoms with E-state index < -0.39 is 19.8 Å². The van der Waals surface area contributed by atoms with Crippen molar-refractivity contribution in [2.75, 3.05) is 0 Å². The highest BCUT2D eigenvalue weighted by atomic mass is 28.3. The molecule has 0 amide bonds. The maximum atomic E-state index is 12.0. The second kappa shape index (κ2) is 6.74. The van der Waals surface area contributed by atoms with Gasteiger partial charge in [0.05, 0.1) is 13.8 Å². The molecule has 0 radical (unpaired) electrons. The minimum atomic E-state index is -1.34. The summed E-state index contributed by atoms with van der Waals surface area (Å²) in [6.07, 6.45) is 1.69. The van der Waals surface area contributed by atoms with E-state index in [2.05, 4.69) is 20.8 Å². The van der Waals surface area contributed by atoms with Crippen molar-refractivity contribution in [3.63, 3.8) is 0 Å². The van der Waals surface area contributed by atoms with E-state index in [1.165, 1.54) is 0 Å². The van der Waals surface area contributed by atoms with Crippen LogP contribution < -0.4 is 0 Å². The highest BCUT2D eigenvalue weighted by Crippen LogP contribution is 2.35. The molecule has 0 aliphatic carbocycles. The van der Waals surface area contributed by atoms with E-state index in [0.29, 0.717) is 0 Å². The molecule has 1 aromatic rings. The number of carbonyl (C=O) groups is 1. The van der Waals surface area contributed by atoms with Crippen molar-refractivity contribution in [1.82, 2.24) is 0 Å². The molecular formula is C15H24O2Si. The molecule has 0 bridgehead atoms. The van der Waals surface area contributed by atoms with Crippen LogP contribution in [0, 0.1) is 0 Å². The van der Waals surface area contributed by atoms with Crippen LogP contribution in [-0.4, -0.2) is 19.9 Å². The van der Waals surface area contributed by atoms with Crippen molar-refractivity contribution in [2.24, 2.45) is 0 Å². The fourth-order valence-electron chi connectivity index (χ4n) is 3.10. The Hall–Kier alpha value is -1.09. The third-order valence-electron chi connectivity index (χ3n) is 4.00. The van der Waals surface area contributed by atoms with Gasteiger partial charge in [-0.15, -0.1) is 0 Å². The van der Waals surface area contributed by atoms with Gasteiger partial charge in [-0.1, -0.05) is 69.6 Å². The third kappa shape index (κ3) is 2.66. The van der Waals surface area contributed by atoms with E-state index in [1.54, 1.807) is 0 Å². The first-order valence-corrected chi connectivity index (χ1v) is 9.13. The third-order valence-corrected chi connectivity index (χ3v) is 8.23. The standard InChI is InChI=1S/C15H24O2Si/c1-4-12-15(14(16)17,18(5-2)6-3)13-10-8-7-9-11-13/h7-11,18H,4-6,12H2,1-3H3,(H,16,17). The van der Waals surface area contributed by atoms with Crippen LogP contribution in [0.25, 0.3) is 0 Å². The summed E-state index contributed by atoms with van der Waals surface area (Å²) < 4.78 is 0. The number of carboxylic acids is 1. The maximum absolute atomic E-state index is 12.0.